The number of anilines is 1. The number of nitrogens with zero attached hydrogens (tertiary/aromatic N) is 1. The van der Waals surface area contributed by atoms with Crippen molar-refractivity contribution >= 4 is 11.7 Å². The molecule has 1 aromatic rings. The smallest absolute Gasteiger partial charge is 0.305 e. The van der Waals surface area contributed by atoms with E-state index in [-0.39, 0.29) is 18.6 Å². The van der Waals surface area contributed by atoms with Crippen LogP contribution in [0, 0.1) is 6.92 Å². The van der Waals surface area contributed by atoms with Crippen LogP contribution in [0.3, 0.4) is 0 Å². The van der Waals surface area contributed by atoms with Crippen LogP contribution in [0.1, 0.15) is 37.7 Å². The standard InChI is InChI=1S/C16H23NO3/c1-12-6-2-3-7-13(12)17(11-10-16(19)20)14-8-4-5-9-15(14)18/h2-3,6-7,14-15,18H,4-5,8-11H2,1H3,(H,19,20). The van der Waals surface area contributed by atoms with Crippen LogP contribution in [0.25, 0.3) is 0 Å². The Labute approximate surface area is 120 Å². The van der Waals surface area contributed by atoms with Crippen molar-refractivity contribution in [3.05, 3.63) is 29.8 Å². The summed E-state index contributed by atoms with van der Waals surface area (Å²) in [5.41, 5.74) is 2.16. The molecule has 0 bridgehead atoms. The number of rotatable bonds is 5. The maximum absolute atomic E-state index is 10.9. The molecule has 20 heavy (non-hydrogen) atoms. The first-order chi connectivity index (χ1) is 9.59. The molecule has 1 aromatic carbocycles. The summed E-state index contributed by atoms with van der Waals surface area (Å²) in [6.07, 6.45) is 3.61. The Morgan fingerprint density at radius 2 is 2.00 bits per heavy atom. The van der Waals surface area contributed by atoms with Gasteiger partial charge in [-0.2, -0.15) is 0 Å². The van der Waals surface area contributed by atoms with E-state index in [1.54, 1.807) is 0 Å². The molecule has 0 saturated heterocycles. The lowest BCUT2D eigenvalue weighted by atomic mass is 9.90. The number of aliphatic carboxylic acids is 1. The van der Waals surface area contributed by atoms with Gasteiger partial charge in [-0.25, -0.2) is 0 Å². The molecule has 1 aliphatic carbocycles. The summed E-state index contributed by atoms with van der Waals surface area (Å²) >= 11 is 0. The van der Waals surface area contributed by atoms with Gasteiger partial charge in [0, 0.05) is 12.2 Å². The van der Waals surface area contributed by atoms with Crippen LogP contribution < -0.4 is 4.90 Å². The molecule has 4 nitrogen and oxygen atoms in total. The molecule has 4 heteroatoms. The number of para-hydroxylation sites is 1. The molecule has 0 spiro atoms. The Kier molecular flexibility index (Phi) is 5.01. The fourth-order valence-electron chi connectivity index (χ4n) is 3.02. The van der Waals surface area contributed by atoms with Gasteiger partial charge in [0.15, 0.2) is 0 Å². The highest BCUT2D eigenvalue weighted by atomic mass is 16.4. The van der Waals surface area contributed by atoms with Crippen LogP contribution >= 0.6 is 0 Å². The molecule has 1 saturated carbocycles. The Balaban J connectivity index is 2.24. The number of carboxylic acids is 1. The van der Waals surface area contributed by atoms with Gasteiger partial charge >= 0.3 is 5.97 Å². The molecule has 0 amide bonds. The molecule has 0 radical (unpaired) electrons. The molecule has 0 aliphatic heterocycles. The summed E-state index contributed by atoms with van der Waals surface area (Å²) in [4.78, 5) is 13.0. The minimum absolute atomic E-state index is 0.0317. The number of carbonyl (C=O) groups is 1. The predicted molar refractivity (Wildman–Crippen MR) is 79.0 cm³/mol. The van der Waals surface area contributed by atoms with Crippen LogP contribution in [0.4, 0.5) is 5.69 Å². The fraction of sp³-hybridized carbons (Fsp3) is 0.562. The minimum atomic E-state index is -0.797. The van der Waals surface area contributed by atoms with Gasteiger partial charge in [0.1, 0.15) is 0 Å². The average molecular weight is 277 g/mol. The van der Waals surface area contributed by atoms with Crippen molar-refractivity contribution in [1.82, 2.24) is 0 Å². The number of hydrogen-bond acceptors (Lipinski definition) is 3. The van der Waals surface area contributed by atoms with Gasteiger partial charge < -0.3 is 15.1 Å². The zero-order valence-corrected chi connectivity index (χ0v) is 12.0. The lowest BCUT2D eigenvalue weighted by Crippen LogP contribution is -2.46. The third-order valence-electron chi connectivity index (χ3n) is 4.09. The van der Waals surface area contributed by atoms with Gasteiger partial charge in [-0.15, -0.1) is 0 Å². The second kappa shape index (κ2) is 6.75. The molecule has 1 aliphatic rings. The predicted octanol–water partition coefficient (Wildman–Crippen LogP) is 2.58. The van der Waals surface area contributed by atoms with E-state index in [1.165, 1.54) is 0 Å². The Bertz CT molecular complexity index is 461. The molecule has 0 aromatic heterocycles. The first-order valence-corrected chi connectivity index (χ1v) is 7.31. The molecule has 110 valence electrons. The average Bonchev–Trinajstić information content (AvgIpc) is 2.42. The summed E-state index contributed by atoms with van der Waals surface area (Å²) in [5, 5.41) is 19.2. The first kappa shape index (κ1) is 14.9. The SMILES string of the molecule is Cc1ccccc1N(CCC(=O)O)C1CCCCC1O. The monoisotopic (exact) mass is 277 g/mol. The number of carboxylic acid groups (broad SMARTS) is 1. The van der Waals surface area contributed by atoms with E-state index in [4.69, 9.17) is 5.11 Å². The first-order valence-electron chi connectivity index (χ1n) is 7.31. The van der Waals surface area contributed by atoms with Gasteiger partial charge in [-0.1, -0.05) is 31.0 Å². The zero-order chi connectivity index (χ0) is 14.5. The van der Waals surface area contributed by atoms with Crippen molar-refractivity contribution in [3.8, 4) is 0 Å². The van der Waals surface area contributed by atoms with Crippen molar-refractivity contribution in [3.63, 3.8) is 0 Å². The van der Waals surface area contributed by atoms with Crippen molar-refractivity contribution in [2.75, 3.05) is 11.4 Å². The Hall–Kier alpha value is -1.55. The van der Waals surface area contributed by atoms with Gasteiger partial charge in [-0.3, -0.25) is 4.79 Å². The highest BCUT2D eigenvalue weighted by Gasteiger charge is 2.29. The van der Waals surface area contributed by atoms with Gasteiger partial charge in [0.05, 0.1) is 18.6 Å². The van der Waals surface area contributed by atoms with Gasteiger partial charge in [0.25, 0.3) is 0 Å². The number of aryl methyl sites for hydroxylation is 1. The molecular formula is C16H23NO3. The second-order valence-electron chi connectivity index (χ2n) is 5.54. The molecule has 1 fully saturated rings. The lowest BCUT2D eigenvalue weighted by molar-refractivity contribution is -0.136. The number of benzene rings is 1. The van der Waals surface area contributed by atoms with E-state index in [0.29, 0.717) is 6.54 Å². The van der Waals surface area contributed by atoms with Crippen molar-refractivity contribution in [2.24, 2.45) is 0 Å². The van der Waals surface area contributed by atoms with Crippen LogP contribution in [-0.2, 0) is 4.79 Å². The number of aliphatic hydroxyl groups excluding tert-OH is 1. The van der Waals surface area contributed by atoms with Crippen LogP contribution in [0.15, 0.2) is 24.3 Å². The lowest BCUT2D eigenvalue weighted by Gasteiger charge is -2.39. The maximum atomic E-state index is 10.9. The normalized spacial score (nSPS) is 22.5. The van der Waals surface area contributed by atoms with Crippen molar-refractivity contribution in [2.45, 2.75) is 51.2 Å². The highest BCUT2D eigenvalue weighted by Crippen LogP contribution is 2.29. The summed E-state index contributed by atoms with van der Waals surface area (Å²) in [6.45, 7) is 2.47. The molecular weight excluding hydrogens is 254 g/mol. The Morgan fingerprint density at radius 3 is 2.65 bits per heavy atom. The van der Waals surface area contributed by atoms with E-state index in [0.717, 1.165) is 36.9 Å². The molecule has 2 atom stereocenters. The van der Waals surface area contributed by atoms with Gasteiger partial charge in [-0.05, 0) is 31.4 Å². The van der Waals surface area contributed by atoms with E-state index in [2.05, 4.69) is 4.90 Å². The summed E-state index contributed by atoms with van der Waals surface area (Å²) in [7, 11) is 0. The quantitative estimate of drug-likeness (QED) is 0.868. The summed E-state index contributed by atoms with van der Waals surface area (Å²) < 4.78 is 0. The largest absolute Gasteiger partial charge is 0.481 e. The molecule has 2 unspecified atom stereocenters. The van der Waals surface area contributed by atoms with E-state index < -0.39 is 5.97 Å². The number of hydrogen-bond donors (Lipinski definition) is 2. The molecule has 2 N–H and O–H groups in total. The molecule has 0 heterocycles. The number of aliphatic hydroxyl groups is 1. The van der Waals surface area contributed by atoms with Crippen molar-refractivity contribution < 1.29 is 15.0 Å². The highest BCUT2D eigenvalue weighted by molar-refractivity contribution is 5.68. The summed E-state index contributed by atoms with van der Waals surface area (Å²) in [6, 6.07) is 8.01. The van der Waals surface area contributed by atoms with Gasteiger partial charge in [0.2, 0.25) is 0 Å². The van der Waals surface area contributed by atoms with E-state index in [9.17, 15) is 9.90 Å². The van der Waals surface area contributed by atoms with Crippen LogP contribution in [-0.4, -0.2) is 34.9 Å². The Morgan fingerprint density at radius 1 is 1.30 bits per heavy atom. The zero-order valence-electron chi connectivity index (χ0n) is 12.0. The second-order valence-corrected chi connectivity index (χ2v) is 5.54. The van der Waals surface area contributed by atoms with Crippen LogP contribution in [0.5, 0.6) is 0 Å². The van der Waals surface area contributed by atoms with Crippen LogP contribution in [0.2, 0.25) is 0 Å². The fourth-order valence-corrected chi connectivity index (χ4v) is 3.02. The third-order valence-corrected chi connectivity index (χ3v) is 4.09. The maximum Gasteiger partial charge on any atom is 0.305 e. The van der Waals surface area contributed by atoms with E-state index in [1.807, 2.05) is 31.2 Å². The third kappa shape index (κ3) is 3.51. The van der Waals surface area contributed by atoms with Crippen molar-refractivity contribution in [1.29, 1.82) is 0 Å². The van der Waals surface area contributed by atoms with E-state index >= 15 is 0 Å². The minimum Gasteiger partial charge on any atom is -0.481 e. The summed E-state index contributed by atoms with van der Waals surface area (Å²) in [5.74, 6) is -0.797. The molecule has 2 rings (SSSR count). The topological polar surface area (TPSA) is 60.8 Å².